The molecule has 70 valence electrons. The molecule has 1 heterocycles. The van der Waals surface area contributed by atoms with Crippen molar-refractivity contribution < 1.29 is 4.74 Å². The SMILES string of the molecule is CC(C)[C@@H]1Cc2ccccc2CO1. The Morgan fingerprint density at radius 2 is 1.92 bits per heavy atom. The van der Waals surface area contributed by atoms with Gasteiger partial charge in [-0.2, -0.15) is 0 Å². The Bertz CT molecular complexity index is 291. The number of rotatable bonds is 1. The molecule has 0 aromatic heterocycles. The Morgan fingerprint density at radius 3 is 2.62 bits per heavy atom. The van der Waals surface area contributed by atoms with Gasteiger partial charge in [-0.15, -0.1) is 0 Å². The largest absolute Gasteiger partial charge is 0.373 e. The van der Waals surface area contributed by atoms with Crippen LogP contribution in [0.15, 0.2) is 24.3 Å². The molecule has 0 N–H and O–H groups in total. The molecule has 0 amide bonds. The highest BCUT2D eigenvalue weighted by Crippen LogP contribution is 2.23. The third kappa shape index (κ3) is 1.75. The van der Waals surface area contributed by atoms with Crippen LogP contribution in [0.5, 0.6) is 0 Å². The molecule has 2 rings (SSSR count). The van der Waals surface area contributed by atoms with E-state index in [2.05, 4.69) is 38.1 Å². The van der Waals surface area contributed by atoms with E-state index in [1.807, 2.05) is 0 Å². The molecule has 1 atom stereocenters. The second kappa shape index (κ2) is 3.51. The fourth-order valence-electron chi connectivity index (χ4n) is 1.80. The molecule has 0 fully saturated rings. The molecule has 0 unspecified atom stereocenters. The van der Waals surface area contributed by atoms with Crippen molar-refractivity contribution >= 4 is 0 Å². The minimum atomic E-state index is 0.412. The highest BCUT2D eigenvalue weighted by atomic mass is 16.5. The van der Waals surface area contributed by atoms with Crippen LogP contribution in [0.1, 0.15) is 25.0 Å². The van der Waals surface area contributed by atoms with Gasteiger partial charge in [0.1, 0.15) is 0 Å². The summed E-state index contributed by atoms with van der Waals surface area (Å²) in [6.45, 7) is 5.23. The van der Waals surface area contributed by atoms with Crippen LogP contribution in [-0.4, -0.2) is 6.10 Å². The summed E-state index contributed by atoms with van der Waals surface area (Å²) in [5, 5.41) is 0. The Balaban J connectivity index is 2.20. The van der Waals surface area contributed by atoms with Gasteiger partial charge in [0, 0.05) is 0 Å². The van der Waals surface area contributed by atoms with E-state index in [9.17, 15) is 0 Å². The molecule has 0 radical (unpaired) electrons. The maximum atomic E-state index is 5.77. The van der Waals surface area contributed by atoms with E-state index in [0.717, 1.165) is 13.0 Å². The van der Waals surface area contributed by atoms with Crippen molar-refractivity contribution in [3.8, 4) is 0 Å². The lowest BCUT2D eigenvalue weighted by Crippen LogP contribution is -2.27. The van der Waals surface area contributed by atoms with E-state index in [-0.39, 0.29) is 0 Å². The Labute approximate surface area is 79.7 Å². The molecule has 1 nitrogen and oxygen atoms in total. The summed E-state index contributed by atoms with van der Waals surface area (Å²) >= 11 is 0. The molecule has 0 saturated heterocycles. The number of hydrogen-bond donors (Lipinski definition) is 0. The van der Waals surface area contributed by atoms with Crippen LogP contribution >= 0.6 is 0 Å². The van der Waals surface area contributed by atoms with Crippen LogP contribution in [0.25, 0.3) is 0 Å². The van der Waals surface area contributed by atoms with Gasteiger partial charge in [0.05, 0.1) is 12.7 Å². The molecule has 0 spiro atoms. The zero-order chi connectivity index (χ0) is 9.26. The molecule has 0 aliphatic carbocycles. The highest BCUT2D eigenvalue weighted by molar-refractivity contribution is 5.28. The average Bonchev–Trinajstić information content (AvgIpc) is 2.17. The van der Waals surface area contributed by atoms with Gasteiger partial charge in [0.15, 0.2) is 0 Å². The van der Waals surface area contributed by atoms with Gasteiger partial charge in [-0.3, -0.25) is 0 Å². The van der Waals surface area contributed by atoms with Gasteiger partial charge in [-0.05, 0) is 23.5 Å². The number of fused-ring (bicyclic) bond motifs is 1. The molecule has 1 heteroatoms. The molecule has 1 aromatic carbocycles. The standard InChI is InChI=1S/C12H16O/c1-9(2)12-7-10-5-3-4-6-11(10)8-13-12/h3-6,9,12H,7-8H2,1-2H3/t12-/m0/s1. The fraction of sp³-hybridized carbons (Fsp3) is 0.500. The number of hydrogen-bond acceptors (Lipinski definition) is 1. The summed E-state index contributed by atoms with van der Waals surface area (Å²) in [6.07, 6.45) is 1.49. The van der Waals surface area contributed by atoms with E-state index in [4.69, 9.17) is 4.74 Å². The first kappa shape index (κ1) is 8.76. The zero-order valence-corrected chi connectivity index (χ0v) is 8.29. The highest BCUT2D eigenvalue weighted by Gasteiger charge is 2.20. The van der Waals surface area contributed by atoms with Crippen molar-refractivity contribution in [2.75, 3.05) is 0 Å². The third-order valence-electron chi connectivity index (χ3n) is 2.74. The van der Waals surface area contributed by atoms with Crippen molar-refractivity contribution in [2.45, 2.75) is 33.0 Å². The molecular formula is C12H16O. The minimum Gasteiger partial charge on any atom is -0.373 e. The predicted molar refractivity (Wildman–Crippen MR) is 53.6 cm³/mol. The van der Waals surface area contributed by atoms with Gasteiger partial charge in [0.25, 0.3) is 0 Å². The van der Waals surface area contributed by atoms with E-state index < -0.39 is 0 Å². The summed E-state index contributed by atoms with van der Waals surface area (Å²) in [4.78, 5) is 0. The van der Waals surface area contributed by atoms with Crippen LogP contribution in [-0.2, 0) is 17.8 Å². The molecule has 1 aromatic rings. The van der Waals surface area contributed by atoms with Gasteiger partial charge in [-0.25, -0.2) is 0 Å². The second-order valence-corrected chi connectivity index (χ2v) is 4.07. The Morgan fingerprint density at radius 1 is 1.23 bits per heavy atom. The first-order chi connectivity index (χ1) is 6.27. The first-order valence-corrected chi connectivity index (χ1v) is 4.96. The molecule has 1 aliphatic heterocycles. The minimum absolute atomic E-state index is 0.412. The zero-order valence-electron chi connectivity index (χ0n) is 8.29. The van der Waals surface area contributed by atoms with Crippen molar-refractivity contribution in [3.63, 3.8) is 0 Å². The normalized spacial score (nSPS) is 21.6. The maximum Gasteiger partial charge on any atom is 0.0723 e. The lowest BCUT2D eigenvalue weighted by molar-refractivity contribution is -0.000280. The van der Waals surface area contributed by atoms with Gasteiger partial charge in [-0.1, -0.05) is 38.1 Å². The summed E-state index contributed by atoms with van der Waals surface area (Å²) < 4.78 is 5.77. The van der Waals surface area contributed by atoms with E-state index in [1.165, 1.54) is 11.1 Å². The van der Waals surface area contributed by atoms with Crippen molar-refractivity contribution in [2.24, 2.45) is 5.92 Å². The van der Waals surface area contributed by atoms with Crippen LogP contribution in [0, 0.1) is 5.92 Å². The van der Waals surface area contributed by atoms with Crippen LogP contribution in [0.3, 0.4) is 0 Å². The predicted octanol–water partition coefficient (Wildman–Crippen LogP) is 2.78. The molecule has 1 aliphatic rings. The molecule has 0 saturated carbocycles. The number of benzene rings is 1. The third-order valence-corrected chi connectivity index (χ3v) is 2.74. The van der Waals surface area contributed by atoms with Crippen molar-refractivity contribution in [3.05, 3.63) is 35.4 Å². The lowest BCUT2D eigenvalue weighted by Gasteiger charge is -2.27. The van der Waals surface area contributed by atoms with Gasteiger partial charge in [0.2, 0.25) is 0 Å². The number of ether oxygens (including phenoxy) is 1. The van der Waals surface area contributed by atoms with Crippen molar-refractivity contribution in [1.29, 1.82) is 0 Å². The van der Waals surface area contributed by atoms with Crippen molar-refractivity contribution in [1.82, 2.24) is 0 Å². The summed E-state index contributed by atoms with van der Waals surface area (Å²) in [5.41, 5.74) is 2.83. The van der Waals surface area contributed by atoms with Crippen LogP contribution in [0.4, 0.5) is 0 Å². The lowest BCUT2D eigenvalue weighted by atomic mass is 9.93. The quantitative estimate of drug-likeness (QED) is 0.639. The average molecular weight is 176 g/mol. The van der Waals surface area contributed by atoms with Gasteiger partial charge < -0.3 is 4.74 Å². The fourth-order valence-corrected chi connectivity index (χ4v) is 1.80. The first-order valence-electron chi connectivity index (χ1n) is 4.96. The topological polar surface area (TPSA) is 9.23 Å². The molecular weight excluding hydrogens is 160 g/mol. The summed E-state index contributed by atoms with van der Waals surface area (Å²) in [6, 6.07) is 8.57. The summed E-state index contributed by atoms with van der Waals surface area (Å²) in [7, 11) is 0. The van der Waals surface area contributed by atoms with E-state index in [0.29, 0.717) is 12.0 Å². The Kier molecular flexibility index (Phi) is 2.36. The smallest absolute Gasteiger partial charge is 0.0723 e. The van der Waals surface area contributed by atoms with Crippen LogP contribution in [0.2, 0.25) is 0 Å². The monoisotopic (exact) mass is 176 g/mol. The Hall–Kier alpha value is -0.820. The van der Waals surface area contributed by atoms with Gasteiger partial charge >= 0.3 is 0 Å². The van der Waals surface area contributed by atoms with E-state index >= 15 is 0 Å². The maximum absolute atomic E-state index is 5.77. The second-order valence-electron chi connectivity index (χ2n) is 4.07. The summed E-state index contributed by atoms with van der Waals surface area (Å²) in [5.74, 6) is 0.619. The van der Waals surface area contributed by atoms with E-state index in [1.54, 1.807) is 0 Å². The van der Waals surface area contributed by atoms with Crippen LogP contribution < -0.4 is 0 Å². The molecule has 0 bridgehead atoms. The molecule has 13 heavy (non-hydrogen) atoms.